The van der Waals surface area contributed by atoms with Gasteiger partial charge in [-0.3, -0.25) is 0 Å². The van der Waals surface area contributed by atoms with Gasteiger partial charge in [0, 0.05) is 17.8 Å². The van der Waals surface area contributed by atoms with E-state index < -0.39 is 5.97 Å². The van der Waals surface area contributed by atoms with E-state index in [1.807, 2.05) is 19.1 Å². The standard InChI is InChI=1S/C11H14O3S/c1-8-7-9(15-6-5-14-2)3-4-10(8)11(12)13/h3-4,7H,5-6H2,1-2H3,(H,12,13). The molecule has 4 heteroatoms. The first-order valence-corrected chi connectivity index (χ1v) is 5.59. The van der Waals surface area contributed by atoms with Crippen molar-refractivity contribution in [1.29, 1.82) is 0 Å². The van der Waals surface area contributed by atoms with Crippen LogP contribution in [0.4, 0.5) is 0 Å². The number of hydrogen-bond acceptors (Lipinski definition) is 3. The summed E-state index contributed by atoms with van der Waals surface area (Å²) in [7, 11) is 1.67. The van der Waals surface area contributed by atoms with E-state index >= 15 is 0 Å². The van der Waals surface area contributed by atoms with Crippen LogP contribution in [0.3, 0.4) is 0 Å². The van der Waals surface area contributed by atoms with E-state index in [4.69, 9.17) is 9.84 Å². The number of hydrogen-bond donors (Lipinski definition) is 1. The SMILES string of the molecule is COCCSc1ccc(C(=O)O)c(C)c1. The van der Waals surface area contributed by atoms with Crippen molar-refractivity contribution in [3.63, 3.8) is 0 Å². The predicted octanol–water partition coefficient (Wildman–Crippen LogP) is 2.43. The van der Waals surface area contributed by atoms with Crippen molar-refractivity contribution in [2.45, 2.75) is 11.8 Å². The average Bonchev–Trinajstić information content (AvgIpc) is 2.17. The first-order valence-electron chi connectivity index (χ1n) is 4.61. The first-order chi connectivity index (χ1) is 7.15. The van der Waals surface area contributed by atoms with Gasteiger partial charge in [-0.25, -0.2) is 4.79 Å². The van der Waals surface area contributed by atoms with Crippen LogP contribution in [0.25, 0.3) is 0 Å². The number of carboxylic acids is 1. The van der Waals surface area contributed by atoms with E-state index in [-0.39, 0.29) is 0 Å². The molecule has 0 fully saturated rings. The zero-order chi connectivity index (χ0) is 11.3. The molecule has 0 saturated heterocycles. The third-order valence-electron chi connectivity index (χ3n) is 1.98. The summed E-state index contributed by atoms with van der Waals surface area (Å²) in [6.07, 6.45) is 0. The second-order valence-electron chi connectivity index (χ2n) is 3.12. The second kappa shape index (κ2) is 5.78. The molecule has 0 spiro atoms. The molecule has 0 aliphatic carbocycles. The minimum Gasteiger partial charge on any atom is -0.478 e. The highest BCUT2D eigenvalue weighted by atomic mass is 32.2. The Labute approximate surface area is 93.4 Å². The van der Waals surface area contributed by atoms with Gasteiger partial charge in [0.05, 0.1) is 12.2 Å². The number of carbonyl (C=O) groups is 1. The van der Waals surface area contributed by atoms with Gasteiger partial charge in [0.1, 0.15) is 0 Å². The lowest BCUT2D eigenvalue weighted by Gasteiger charge is -2.04. The van der Waals surface area contributed by atoms with Gasteiger partial charge in [-0.15, -0.1) is 11.8 Å². The topological polar surface area (TPSA) is 46.5 Å². The van der Waals surface area contributed by atoms with E-state index in [1.54, 1.807) is 24.9 Å². The lowest BCUT2D eigenvalue weighted by atomic mass is 10.1. The maximum atomic E-state index is 10.8. The molecule has 0 bridgehead atoms. The van der Waals surface area contributed by atoms with E-state index in [9.17, 15) is 4.79 Å². The van der Waals surface area contributed by atoms with Gasteiger partial charge in [0.25, 0.3) is 0 Å². The van der Waals surface area contributed by atoms with Gasteiger partial charge < -0.3 is 9.84 Å². The van der Waals surface area contributed by atoms with Crippen molar-refractivity contribution in [2.75, 3.05) is 19.5 Å². The molecule has 0 aromatic heterocycles. The monoisotopic (exact) mass is 226 g/mol. The Balaban J connectivity index is 2.69. The zero-order valence-corrected chi connectivity index (χ0v) is 9.63. The number of aromatic carboxylic acids is 1. The van der Waals surface area contributed by atoms with Crippen molar-refractivity contribution in [1.82, 2.24) is 0 Å². The molecule has 0 radical (unpaired) electrons. The number of aryl methyl sites for hydroxylation is 1. The molecular weight excluding hydrogens is 212 g/mol. The van der Waals surface area contributed by atoms with Crippen LogP contribution in [0.1, 0.15) is 15.9 Å². The van der Waals surface area contributed by atoms with E-state index in [1.165, 1.54) is 0 Å². The molecule has 15 heavy (non-hydrogen) atoms. The minimum atomic E-state index is -0.874. The summed E-state index contributed by atoms with van der Waals surface area (Å²) >= 11 is 1.66. The summed E-state index contributed by atoms with van der Waals surface area (Å²) in [5.41, 5.74) is 1.16. The highest BCUT2D eigenvalue weighted by molar-refractivity contribution is 7.99. The average molecular weight is 226 g/mol. The van der Waals surface area contributed by atoms with E-state index in [0.717, 1.165) is 16.2 Å². The molecule has 0 heterocycles. The Bertz CT molecular complexity index is 350. The molecule has 1 aromatic rings. The normalized spacial score (nSPS) is 10.3. The predicted molar refractivity (Wildman–Crippen MR) is 60.7 cm³/mol. The Kier molecular flexibility index (Phi) is 4.65. The van der Waals surface area contributed by atoms with Gasteiger partial charge in [-0.1, -0.05) is 0 Å². The summed E-state index contributed by atoms with van der Waals surface area (Å²) < 4.78 is 4.94. The zero-order valence-electron chi connectivity index (χ0n) is 8.82. The molecule has 0 amide bonds. The van der Waals surface area contributed by atoms with Crippen LogP contribution in [0.15, 0.2) is 23.1 Å². The van der Waals surface area contributed by atoms with Gasteiger partial charge in [0.15, 0.2) is 0 Å². The summed E-state index contributed by atoms with van der Waals surface area (Å²) in [6, 6.07) is 5.37. The van der Waals surface area contributed by atoms with Crippen molar-refractivity contribution in [3.8, 4) is 0 Å². The molecule has 1 rings (SSSR count). The van der Waals surface area contributed by atoms with Crippen LogP contribution in [0.5, 0.6) is 0 Å². The highest BCUT2D eigenvalue weighted by Crippen LogP contribution is 2.21. The van der Waals surface area contributed by atoms with Gasteiger partial charge in [-0.05, 0) is 30.7 Å². The number of thioether (sulfide) groups is 1. The number of ether oxygens (including phenoxy) is 1. The van der Waals surface area contributed by atoms with Crippen molar-refractivity contribution >= 4 is 17.7 Å². The van der Waals surface area contributed by atoms with Crippen molar-refractivity contribution < 1.29 is 14.6 Å². The summed E-state index contributed by atoms with van der Waals surface area (Å²) in [5, 5.41) is 8.84. The van der Waals surface area contributed by atoms with E-state index in [0.29, 0.717) is 12.2 Å². The third-order valence-corrected chi connectivity index (χ3v) is 2.94. The highest BCUT2D eigenvalue weighted by Gasteiger charge is 2.06. The number of carboxylic acid groups (broad SMARTS) is 1. The molecule has 0 saturated carbocycles. The smallest absolute Gasteiger partial charge is 0.335 e. The fraction of sp³-hybridized carbons (Fsp3) is 0.364. The maximum Gasteiger partial charge on any atom is 0.335 e. The number of benzene rings is 1. The summed E-state index contributed by atoms with van der Waals surface area (Å²) in [5.74, 6) is 0.00321. The maximum absolute atomic E-state index is 10.8. The second-order valence-corrected chi connectivity index (χ2v) is 4.29. The third kappa shape index (κ3) is 3.57. The van der Waals surface area contributed by atoms with Crippen LogP contribution in [-0.2, 0) is 4.74 Å². The number of methoxy groups -OCH3 is 1. The Hall–Kier alpha value is -1.00. The largest absolute Gasteiger partial charge is 0.478 e. The van der Waals surface area contributed by atoms with E-state index in [2.05, 4.69) is 0 Å². The molecule has 82 valence electrons. The minimum absolute atomic E-state index is 0.367. The molecule has 0 aliphatic heterocycles. The van der Waals surface area contributed by atoms with Crippen LogP contribution >= 0.6 is 11.8 Å². The fourth-order valence-electron chi connectivity index (χ4n) is 1.21. The molecule has 3 nitrogen and oxygen atoms in total. The van der Waals surface area contributed by atoms with Gasteiger partial charge >= 0.3 is 5.97 Å². The van der Waals surface area contributed by atoms with Crippen LogP contribution in [0.2, 0.25) is 0 Å². The molecule has 0 aliphatic rings. The molecule has 1 N–H and O–H groups in total. The molecule has 1 aromatic carbocycles. The number of rotatable bonds is 5. The van der Waals surface area contributed by atoms with Crippen molar-refractivity contribution in [3.05, 3.63) is 29.3 Å². The molecular formula is C11H14O3S. The Morgan fingerprint density at radius 3 is 2.80 bits per heavy atom. The summed E-state index contributed by atoms with van der Waals surface area (Å²) in [6.45, 7) is 2.51. The van der Waals surface area contributed by atoms with Crippen molar-refractivity contribution in [2.24, 2.45) is 0 Å². The van der Waals surface area contributed by atoms with Crippen LogP contribution < -0.4 is 0 Å². The first kappa shape index (κ1) is 12.1. The Morgan fingerprint density at radius 1 is 1.53 bits per heavy atom. The van der Waals surface area contributed by atoms with Gasteiger partial charge in [-0.2, -0.15) is 0 Å². The lowest BCUT2D eigenvalue weighted by molar-refractivity contribution is 0.0696. The van der Waals surface area contributed by atoms with Crippen LogP contribution in [0, 0.1) is 6.92 Å². The fourth-order valence-corrected chi connectivity index (χ4v) is 2.12. The molecule has 0 unspecified atom stereocenters. The Morgan fingerprint density at radius 2 is 2.27 bits per heavy atom. The van der Waals surface area contributed by atoms with Crippen LogP contribution in [-0.4, -0.2) is 30.5 Å². The molecule has 0 atom stereocenters. The quantitative estimate of drug-likeness (QED) is 0.618. The lowest BCUT2D eigenvalue weighted by Crippen LogP contribution is -1.99. The summed E-state index contributed by atoms with van der Waals surface area (Å²) in [4.78, 5) is 11.8. The van der Waals surface area contributed by atoms with Gasteiger partial charge in [0.2, 0.25) is 0 Å².